The summed E-state index contributed by atoms with van der Waals surface area (Å²) >= 11 is 0. The Morgan fingerprint density at radius 2 is 1.95 bits per heavy atom. The van der Waals surface area contributed by atoms with Crippen molar-refractivity contribution < 1.29 is 9.90 Å². The molecule has 0 saturated heterocycles. The number of nitrogens with zero attached hydrogens (tertiary/aromatic N) is 2. The Morgan fingerprint density at radius 1 is 1.25 bits per heavy atom. The van der Waals surface area contributed by atoms with Gasteiger partial charge in [-0.3, -0.25) is 0 Å². The van der Waals surface area contributed by atoms with E-state index >= 15 is 0 Å². The number of hydrogen-bond acceptors (Lipinski definition) is 4. The molecule has 0 unspecified atom stereocenters. The number of nitrogens with two attached hydrogens (primary N) is 1. The number of aromatic carboxylic acids is 1. The van der Waals surface area contributed by atoms with Crippen molar-refractivity contribution in [2.45, 2.75) is 24.7 Å². The summed E-state index contributed by atoms with van der Waals surface area (Å²) in [6.45, 7) is 0. The molecule has 0 radical (unpaired) electrons. The van der Waals surface area contributed by atoms with Crippen LogP contribution in [0.5, 0.6) is 0 Å². The SMILES string of the molecule is Nc1nc(C2(c3ccccc3)CCC2)ncc1C(=O)O. The first-order valence-corrected chi connectivity index (χ1v) is 6.55. The highest BCUT2D eigenvalue weighted by atomic mass is 16.4. The molecule has 1 aliphatic rings. The van der Waals surface area contributed by atoms with Crippen LogP contribution in [0.2, 0.25) is 0 Å². The van der Waals surface area contributed by atoms with Crippen molar-refractivity contribution in [1.29, 1.82) is 0 Å². The monoisotopic (exact) mass is 269 g/mol. The molecular weight excluding hydrogens is 254 g/mol. The first kappa shape index (κ1) is 12.6. The van der Waals surface area contributed by atoms with Gasteiger partial charge in [0.15, 0.2) is 0 Å². The third-order valence-corrected chi connectivity index (χ3v) is 4.01. The molecule has 0 spiro atoms. The van der Waals surface area contributed by atoms with Crippen molar-refractivity contribution in [2.24, 2.45) is 0 Å². The van der Waals surface area contributed by atoms with Gasteiger partial charge in [0.05, 0.1) is 5.41 Å². The van der Waals surface area contributed by atoms with Crippen LogP contribution < -0.4 is 5.73 Å². The molecule has 1 aromatic carbocycles. The average molecular weight is 269 g/mol. The normalized spacial score (nSPS) is 16.4. The van der Waals surface area contributed by atoms with Gasteiger partial charge in [0, 0.05) is 6.20 Å². The van der Waals surface area contributed by atoms with E-state index < -0.39 is 5.97 Å². The Labute approximate surface area is 116 Å². The molecule has 5 heteroatoms. The predicted octanol–water partition coefficient (Wildman–Crippen LogP) is 2.23. The van der Waals surface area contributed by atoms with E-state index in [0.717, 1.165) is 24.8 Å². The number of hydrogen-bond donors (Lipinski definition) is 2. The highest BCUT2D eigenvalue weighted by molar-refractivity contribution is 5.92. The first-order chi connectivity index (χ1) is 9.63. The fraction of sp³-hybridized carbons (Fsp3) is 0.267. The second-order valence-electron chi connectivity index (χ2n) is 5.10. The molecule has 0 amide bonds. The molecule has 3 rings (SSSR count). The molecule has 2 aromatic rings. The van der Waals surface area contributed by atoms with Crippen LogP contribution >= 0.6 is 0 Å². The number of carboxylic acids is 1. The van der Waals surface area contributed by atoms with Crippen molar-refractivity contribution in [3.63, 3.8) is 0 Å². The van der Waals surface area contributed by atoms with E-state index in [1.807, 2.05) is 18.2 Å². The highest BCUT2D eigenvalue weighted by Crippen LogP contribution is 2.47. The van der Waals surface area contributed by atoms with Gasteiger partial charge >= 0.3 is 5.97 Å². The summed E-state index contributed by atoms with van der Waals surface area (Å²) < 4.78 is 0. The van der Waals surface area contributed by atoms with Crippen LogP contribution in [0.3, 0.4) is 0 Å². The number of carboxylic acid groups (broad SMARTS) is 1. The van der Waals surface area contributed by atoms with Crippen molar-refractivity contribution in [3.8, 4) is 0 Å². The molecule has 5 nitrogen and oxygen atoms in total. The van der Waals surface area contributed by atoms with E-state index in [1.165, 1.54) is 6.20 Å². The number of carbonyl (C=O) groups is 1. The van der Waals surface area contributed by atoms with Gasteiger partial charge in [-0.25, -0.2) is 14.8 Å². The molecule has 1 fully saturated rings. The van der Waals surface area contributed by atoms with Crippen molar-refractivity contribution in [3.05, 3.63) is 53.5 Å². The van der Waals surface area contributed by atoms with Gasteiger partial charge in [0.25, 0.3) is 0 Å². The summed E-state index contributed by atoms with van der Waals surface area (Å²) in [7, 11) is 0. The zero-order chi connectivity index (χ0) is 14.2. The molecule has 1 saturated carbocycles. The lowest BCUT2D eigenvalue weighted by atomic mass is 9.64. The van der Waals surface area contributed by atoms with Crippen molar-refractivity contribution in [2.75, 3.05) is 5.73 Å². The number of benzene rings is 1. The summed E-state index contributed by atoms with van der Waals surface area (Å²) in [5.41, 5.74) is 6.64. The predicted molar refractivity (Wildman–Crippen MR) is 74.5 cm³/mol. The van der Waals surface area contributed by atoms with Crippen LogP contribution in [-0.2, 0) is 5.41 Å². The van der Waals surface area contributed by atoms with Crippen LogP contribution in [0.1, 0.15) is 41.0 Å². The molecule has 3 N–H and O–H groups in total. The van der Waals surface area contributed by atoms with E-state index in [1.54, 1.807) is 0 Å². The molecule has 102 valence electrons. The summed E-state index contributed by atoms with van der Waals surface area (Å²) in [6, 6.07) is 10.1. The smallest absolute Gasteiger partial charge is 0.341 e. The second-order valence-corrected chi connectivity index (χ2v) is 5.10. The lowest BCUT2D eigenvalue weighted by Gasteiger charge is -2.41. The zero-order valence-electron chi connectivity index (χ0n) is 10.9. The highest BCUT2D eigenvalue weighted by Gasteiger charge is 2.43. The first-order valence-electron chi connectivity index (χ1n) is 6.55. The van der Waals surface area contributed by atoms with E-state index in [9.17, 15) is 4.79 Å². The largest absolute Gasteiger partial charge is 0.477 e. The van der Waals surface area contributed by atoms with Gasteiger partial charge in [-0.1, -0.05) is 36.8 Å². The number of anilines is 1. The van der Waals surface area contributed by atoms with Gasteiger partial charge in [0.1, 0.15) is 17.2 Å². The minimum atomic E-state index is -1.10. The number of aromatic nitrogens is 2. The summed E-state index contributed by atoms with van der Waals surface area (Å²) in [5, 5.41) is 8.99. The molecule has 1 heterocycles. The molecule has 0 aliphatic heterocycles. The topological polar surface area (TPSA) is 89.1 Å². The van der Waals surface area contributed by atoms with E-state index in [4.69, 9.17) is 10.8 Å². The van der Waals surface area contributed by atoms with E-state index in [2.05, 4.69) is 22.1 Å². The van der Waals surface area contributed by atoms with Gasteiger partial charge in [-0.15, -0.1) is 0 Å². The average Bonchev–Trinajstić information content (AvgIpc) is 2.38. The quantitative estimate of drug-likeness (QED) is 0.891. The van der Waals surface area contributed by atoms with Crippen LogP contribution in [0.4, 0.5) is 5.82 Å². The van der Waals surface area contributed by atoms with Gasteiger partial charge in [0.2, 0.25) is 0 Å². The lowest BCUT2D eigenvalue weighted by molar-refractivity contribution is 0.0697. The van der Waals surface area contributed by atoms with Crippen LogP contribution in [-0.4, -0.2) is 21.0 Å². The molecule has 1 aliphatic carbocycles. The Bertz CT molecular complexity index is 651. The summed E-state index contributed by atoms with van der Waals surface area (Å²) in [6.07, 6.45) is 4.34. The minimum Gasteiger partial charge on any atom is -0.477 e. The molecule has 0 bridgehead atoms. The second kappa shape index (κ2) is 4.59. The van der Waals surface area contributed by atoms with E-state index in [-0.39, 0.29) is 16.8 Å². The molecular formula is C15H15N3O2. The Hall–Kier alpha value is -2.43. The minimum absolute atomic E-state index is 0.0321. The maximum absolute atomic E-state index is 11.0. The number of rotatable bonds is 3. The van der Waals surface area contributed by atoms with Crippen molar-refractivity contribution >= 4 is 11.8 Å². The lowest BCUT2D eigenvalue weighted by Crippen LogP contribution is -2.37. The standard InChI is InChI=1S/C15H15N3O2/c16-12-11(13(19)20)9-17-14(18-12)15(7-4-8-15)10-5-2-1-3-6-10/h1-3,5-6,9H,4,7-8H2,(H,19,20)(H2,16,17,18). The molecule has 20 heavy (non-hydrogen) atoms. The van der Waals surface area contributed by atoms with Gasteiger partial charge in [-0.05, 0) is 18.4 Å². The fourth-order valence-electron chi connectivity index (χ4n) is 2.72. The maximum atomic E-state index is 11.0. The summed E-state index contributed by atoms with van der Waals surface area (Å²) in [5.74, 6) is -0.446. The van der Waals surface area contributed by atoms with Crippen LogP contribution in [0.15, 0.2) is 36.5 Å². The Kier molecular flexibility index (Phi) is 2.89. The molecule has 0 atom stereocenters. The van der Waals surface area contributed by atoms with Crippen LogP contribution in [0.25, 0.3) is 0 Å². The van der Waals surface area contributed by atoms with Gasteiger partial charge < -0.3 is 10.8 Å². The summed E-state index contributed by atoms with van der Waals surface area (Å²) in [4.78, 5) is 19.5. The van der Waals surface area contributed by atoms with E-state index in [0.29, 0.717) is 5.82 Å². The Morgan fingerprint density at radius 3 is 2.45 bits per heavy atom. The Balaban J connectivity index is 2.07. The third kappa shape index (κ3) is 1.82. The zero-order valence-corrected chi connectivity index (χ0v) is 10.9. The van der Waals surface area contributed by atoms with Crippen LogP contribution in [0, 0.1) is 0 Å². The number of nitrogen functional groups attached to an aromatic ring is 1. The maximum Gasteiger partial charge on any atom is 0.341 e. The van der Waals surface area contributed by atoms with Crippen molar-refractivity contribution in [1.82, 2.24) is 9.97 Å². The third-order valence-electron chi connectivity index (χ3n) is 4.01. The fourth-order valence-corrected chi connectivity index (χ4v) is 2.72. The van der Waals surface area contributed by atoms with Gasteiger partial charge in [-0.2, -0.15) is 0 Å². The molecule has 1 aromatic heterocycles.